The Morgan fingerprint density at radius 3 is 2.12 bits per heavy atom. The summed E-state index contributed by atoms with van der Waals surface area (Å²) in [6.07, 6.45) is 0. The first-order valence-corrected chi connectivity index (χ1v) is 14.7. The van der Waals surface area contributed by atoms with Crippen LogP contribution in [0.4, 0.5) is 5.69 Å². The van der Waals surface area contributed by atoms with Gasteiger partial charge in [-0.1, -0.05) is 60.2 Å². The molecular weight excluding hydrogens is 526 g/mol. The number of carbonyl (C=O) groups excluding carboxylic acids is 2. The Morgan fingerprint density at radius 2 is 1.52 bits per heavy atom. The van der Waals surface area contributed by atoms with Crippen LogP contribution in [0.5, 0.6) is 5.75 Å². The van der Waals surface area contributed by atoms with E-state index in [1.54, 1.807) is 50.2 Å². The maximum Gasteiger partial charge on any atom is 0.264 e. The molecule has 3 aromatic rings. The van der Waals surface area contributed by atoms with E-state index in [1.165, 1.54) is 17.0 Å². The van der Waals surface area contributed by atoms with Crippen molar-refractivity contribution in [3.8, 4) is 5.75 Å². The molecule has 8 nitrogen and oxygen atoms in total. The summed E-state index contributed by atoms with van der Waals surface area (Å²) in [7, 11) is -4.18. The third-order valence-corrected chi connectivity index (χ3v) is 7.96. The SMILES string of the molecule is CCOc1ccccc1N(CC(=O)N(Cc1ccccc1)[C@H](C)C(=O)NC(C)(C)C)S(=O)(=O)c1ccc(C)cc1. The topological polar surface area (TPSA) is 96.0 Å². The summed E-state index contributed by atoms with van der Waals surface area (Å²) >= 11 is 0. The maximum atomic E-state index is 14.0. The molecule has 0 heterocycles. The Balaban J connectivity index is 2.08. The average molecular weight is 566 g/mol. The Hall–Kier alpha value is -3.85. The summed E-state index contributed by atoms with van der Waals surface area (Å²) < 4.78 is 34.9. The zero-order valence-electron chi connectivity index (χ0n) is 24.0. The highest BCUT2D eigenvalue weighted by atomic mass is 32.2. The van der Waals surface area contributed by atoms with Crippen LogP contribution >= 0.6 is 0 Å². The van der Waals surface area contributed by atoms with Crippen LogP contribution in [0.3, 0.4) is 0 Å². The molecule has 0 saturated carbocycles. The van der Waals surface area contributed by atoms with Crippen LogP contribution in [0.25, 0.3) is 0 Å². The number of nitrogens with one attached hydrogen (secondary N) is 1. The summed E-state index contributed by atoms with van der Waals surface area (Å²) in [4.78, 5) is 28.7. The molecule has 0 aliphatic carbocycles. The standard InChI is InChI=1S/C31H39N3O5S/c1-7-39-28-16-12-11-15-27(28)34(40(37,38)26-19-17-23(2)18-20-26)22-29(35)33(21-25-13-9-8-10-14-25)24(3)30(36)32-31(4,5)6/h8-20,24H,7,21-22H2,1-6H3,(H,32,36)/t24-/m1/s1. The second-order valence-electron chi connectivity index (χ2n) is 10.6. The lowest BCUT2D eigenvalue weighted by molar-refractivity contribution is -0.140. The maximum absolute atomic E-state index is 14.0. The van der Waals surface area contributed by atoms with E-state index >= 15 is 0 Å². The van der Waals surface area contributed by atoms with Crippen molar-refractivity contribution in [2.75, 3.05) is 17.5 Å². The number of sulfonamides is 1. The Labute approximate surface area is 238 Å². The van der Waals surface area contributed by atoms with Crippen molar-refractivity contribution >= 4 is 27.5 Å². The highest BCUT2D eigenvalue weighted by molar-refractivity contribution is 7.92. The molecule has 0 spiro atoms. The smallest absolute Gasteiger partial charge is 0.264 e. The van der Waals surface area contributed by atoms with E-state index in [-0.39, 0.29) is 23.0 Å². The lowest BCUT2D eigenvalue weighted by Gasteiger charge is -2.33. The number of carbonyl (C=O) groups is 2. The number of nitrogens with zero attached hydrogens (tertiary/aromatic N) is 2. The number of benzene rings is 3. The van der Waals surface area contributed by atoms with Gasteiger partial charge in [0.05, 0.1) is 17.2 Å². The molecule has 2 amide bonds. The highest BCUT2D eigenvalue weighted by Gasteiger charge is 2.34. The van der Waals surface area contributed by atoms with Crippen LogP contribution in [-0.4, -0.2) is 49.9 Å². The molecular formula is C31H39N3O5S. The van der Waals surface area contributed by atoms with Gasteiger partial charge in [-0.15, -0.1) is 0 Å². The van der Waals surface area contributed by atoms with Gasteiger partial charge in [0.2, 0.25) is 11.8 Å². The molecule has 0 fully saturated rings. The first-order chi connectivity index (χ1) is 18.8. The normalized spacial score (nSPS) is 12.3. The van der Waals surface area contributed by atoms with E-state index in [0.717, 1.165) is 15.4 Å². The van der Waals surface area contributed by atoms with Crippen LogP contribution in [0.2, 0.25) is 0 Å². The van der Waals surface area contributed by atoms with E-state index in [4.69, 9.17) is 4.74 Å². The lowest BCUT2D eigenvalue weighted by atomic mass is 10.1. The number of para-hydroxylation sites is 2. The van der Waals surface area contributed by atoms with Gasteiger partial charge in [-0.2, -0.15) is 0 Å². The van der Waals surface area contributed by atoms with Crippen molar-refractivity contribution < 1.29 is 22.7 Å². The van der Waals surface area contributed by atoms with Gasteiger partial charge in [0.15, 0.2) is 0 Å². The average Bonchev–Trinajstić information content (AvgIpc) is 2.90. The fraction of sp³-hybridized carbons (Fsp3) is 0.355. The van der Waals surface area contributed by atoms with Crippen molar-refractivity contribution in [3.05, 3.63) is 90.0 Å². The largest absolute Gasteiger partial charge is 0.492 e. The molecule has 3 aromatic carbocycles. The number of anilines is 1. The summed E-state index contributed by atoms with van der Waals surface area (Å²) in [5.74, 6) is -0.525. The van der Waals surface area contributed by atoms with Crippen LogP contribution in [0.1, 0.15) is 45.7 Å². The van der Waals surface area contributed by atoms with E-state index in [1.807, 2.05) is 58.0 Å². The predicted octanol–water partition coefficient (Wildman–Crippen LogP) is 4.92. The molecule has 214 valence electrons. The van der Waals surface area contributed by atoms with Crippen LogP contribution < -0.4 is 14.4 Å². The van der Waals surface area contributed by atoms with Gasteiger partial charge in [0, 0.05) is 12.1 Å². The van der Waals surface area contributed by atoms with Gasteiger partial charge in [0.1, 0.15) is 18.3 Å². The monoisotopic (exact) mass is 565 g/mol. The molecule has 40 heavy (non-hydrogen) atoms. The summed E-state index contributed by atoms with van der Waals surface area (Å²) in [5.41, 5.74) is 1.45. The van der Waals surface area contributed by atoms with E-state index in [2.05, 4.69) is 5.32 Å². The third-order valence-electron chi connectivity index (χ3n) is 6.18. The van der Waals surface area contributed by atoms with Gasteiger partial charge in [-0.05, 0) is 71.4 Å². The molecule has 1 N–H and O–H groups in total. The van der Waals surface area contributed by atoms with Crippen LogP contribution in [0.15, 0.2) is 83.8 Å². The molecule has 0 aromatic heterocycles. The minimum absolute atomic E-state index is 0.0466. The minimum Gasteiger partial charge on any atom is -0.492 e. The fourth-order valence-electron chi connectivity index (χ4n) is 4.13. The third kappa shape index (κ3) is 7.85. The zero-order valence-corrected chi connectivity index (χ0v) is 24.9. The highest BCUT2D eigenvalue weighted by Crippen LogP contribution is 2.33. The van der Waals surface area contributed by atoms with Crippen molar-refractivity contribution in [2.45, 2.75) is 64.6 Å². The van der Waals surface area contributed by atoms with Gasteiger partial charge >= 0.3 is 0 Å². The molecule has 0 aliphatic rings. The number of rotatable bonds is 11. The first-order valence-electron chi connectivity index (χ1n) is 13.3. The van der Waals surface area contributed by atoms with Gasteiger partial charge in [-0.25, -0.2) is 8.42 Å². The molecule has 0 bridgehead atoms. The zero-order chi connectivity index (χ0) is 29.5. The fourth-order valence-corrected chi connectivity index (χ4v) is 5.55. The molecule has 0 saturated heterocycles. The van der Waals surface area contributed by atoms with Gasteiger partial charge in [0.25, 0.3) is 10.0 Å². The van der Waals surface area contributed by atoms with Crippen molar-refractivity contribution in [1.82, 2.24) is 10.2 Å². The number of aryl methyl sites for hydroxylation is 1. The summed E-state index contributed by atoms with van der Waals surface area (Å²) in [5, 5.41) is 2.93. The predicted molar refractivity (Wildman–Crippen MR) is 158 cm³/mol. The molecule has 0 unspecified atom stereocenters. The molecule has 0 radical (unpaired) electrons. The molecule has 0 aliphatic heterocycles. The van der Waals surface area contributed by atoms with Gasteiger partial charge in [-0.3, -0.25) is 13.9 Å². The minimum atomic E-state index is -4.18. The quantitative estimate of drug-likeness (QED) is 0.356. The molecule has 3 rings (SSSR count). The lowest BCUT2D eigenvalue weighted by Crippen LogP contribution is -2.54. The summed E-state index contributed by atoms with van der Waals surface area (Å²) in [6.45, 7) is 10.8. The Morgan fingerprint density at radius 1 is 0.925 bits per heavy atom. The van der Waals surface area contributed by atoms with Crippen LogP contribution in [-0.2, 0) is 26.2 Å². The van der Waals surface area contributed by atoms with E-state index < -0.39 is 34.1 Å². The summed E-state index contributed by atoms with van der Waals surface area (Å²) in [6, 6.07) is 21.6. The Kier molecular flexibility index (Phi) is 9.98. The van der Waals surface area contributed by atoms with Crippen molar-refractivity contribution in [3.63, 3.8) is 0 Å². The number of ether oxygens (including phenoxy) is 1. The number of hydrogen-bond acceptors (Lipinski definition) is 5. The van der Waals surface area contributed by atoms with E-state index in [9.17, 15) is 18.0 Å². The second-order valence-corrected chi connectivity index (χ2v) is 12.5. The first kappa shape index (κ1) is 30.7. The Bertz CT molecular complexity index is 1400. The van der Waals surface area contributed by atoms with Crippen molar-refractivity contribution in [1.29, 1.82) is 0 Å². The molecule has 1 atom stereocenters. The number of hydrogen-bond donors (Lipinski definition) is 1. The van der Waals surface area contributed by atoms with E-state index in [0.29, 0.717) is 12.4 Å². The second kappa shape index (κ2) is 13.0. The van der Waals surface area contributed by atoms with Gasteiger partial charge < -0.3 is 15.0 Å². The molecule has 9 heteroatoms. The van der Waals surface area contributed by atoms with Crippen LogP contribution in [0, 0.1) is 6.92 Å². The van der Waals surface area contributed by atoms with Crippen molar-refractivity contribution in [2.24, 2.45) is 0 Å². The number of amides is 2.